The monoisotopic (exact) mass is 497 g/mol. The van der Waals surface area contributed by atoms with Gasteiger partial charge in [0.2, 0.25) is 0 Å². The lowest BCUT2D eigenvalue weighted by molar-refractivity contribution is 0.408. The van der Waals surface area contributed by atoms with Crippen LogP contribution in [-0.2, 0) is 9.84 Å². The van der Waals surface area contributed by atoms with Crippen molar-refractivity contribution in [2.75, 3.05) is 37.7 Å². The number of halogens is 1. The van der Waals surface area contributed by atoms with Crippen molar-refractivity contribution >= 4 is 51.5 Å². The third-order valence-corrected chi connectivity index (χ3v) is 7.03. The van der Waals surface area contributed by atoms with Crippen LogP contribution in [-0.4, -0.2) is 62.2 Å². The normalized spacial score (nSPS) is 18.6. The Kier molecular flexibility index (Phi) is 10.2. The molecule has 1 heterocycles. The fourth-order valence-corrected chi connectivity index (χ4v) is 4.92. The third-order valence-electron chi connectivity index (χ3n) is 3.95. The first-order chi connectivity index (χ1) is 11.6. The van der Waals surface area contributed by atoms with Crippen molar-refractivity contribution in [2.24, 2.45) is 4.99 Å². The maximum Gasteiger partial charge on any atom is 0.194 e. The van der Waals surface area contributed by atoms with Crippen LogP contribution in [0.15, 0.2) is 40.2 Å². The fourth-order valence-electron chi connectivity index (χ4n) is 2.60. The van der Waals surface area contributed by atoms with E-state index < -0.39 is 9.84 Å². The highest BCUT2D eigenvalue weighted by molar-refractivity contribution is 14.0. The summed E-state index contributed by atoms with van der Waals surface area (Å²) in [5.74, 6) is 1.95. The maximum atomic E-state index is 12.3. The quantitative estimate of drug-likeness (QED) is 0.372. The summed E-state index contributed by atoms with van der Waals surface area (Å²) >= 11 is 2.01. The molecule has 1 saturated heterocycles. The molecule has 1 N–H and O–H groups in total. The highest BCUT2D eigenvalue weighted by Crippen LogP contribution is 2.21. The van der Waals surface area contributed by atoms with Gasteiger partial charge in [-0.15, -0.1) is 24.0 Å². The Labute approximate surface area is 173 Å². The molecule has 1 unspecified atom stereocenters. The topological polar surface area (TPSA) is 61.8 Å². The van der Waals surface area contributed by atoms with Crippen LogP contribution < -0.4 is 5.32 Å². The van der Waals surface area contributed by atoms with Gasteiger partial charge in [-0.2, -0.15) is 11.8 Å². The number of hydrogen-bond acceptors (Lipinski definition) is 4. The smallest absolute Gasteiger partial charge is 0.194 e. The van der Waals surface area contributed by atoms with Crippen molar-refractivity contribution in [1.82, 2.24) is 10.2 Å². The number of guanidine groups is 1. The van der Waals surface area contributed by atoms with E-state index in [0.717, 1.165) is 37.8 Å². The second kappa shape index (κ2) is 11.3. The van der Waals surface area contributed by atoms with E-state index in [0.29, 0.717) is 10.1 Å². The van der Waals surface area contributed by atoms with Gasteiger partial charge in [0.15, 0.2) is 15.8 Å². The molecule has 0 bridgehead atoms. The van der Waals surface area contributed by atoms with Gasteiger partial charge in [-0.1, -0.05) is 25.1 Å². The van der Waals surface area contributed by atoms with E-state index in [1.54, 1.807) is 24.3 Å². The SMILES string of the molecule is CCNC(=NCCS(=O)(=O)c1ccccc1)N1CCSC(CC)C1.I. The van der Waals surface area contributed by atoms with Gasteiger partial charge in [0.05, 0.1) is 17.2 Å². The van der Waals surface area contributed by atoms with Crippen LogP contribution in [0.3, 0.4) is 0 Å². The largest absolute Gasteiger partial charge is 0.357 e. The van der Waals surface area contributed by atoms with Crippen molar-refractivity contribution in [3.05, 3.63) is 30.3 Å². The number of sulfone groups is 1. The molecular formula is C17H28IN3O2S2. The number of rotatable bonds is 6. The van der Waals surface area contributed by atoms with Gasteiger partial charge in [0.25, 0.3) is 0 Å². The van der Waals surface area contributed by atoms with Crippen LogP contribution in [0.25, 0.3) is 0 Å². The zero-order chi connectivity index (χ0) is 17.4. The zero-order valence-corrected chi connectivity index (χ0v) is 18.8. The molecule has 1 aliphatic heterocycles. The Hall–Kier alpha value is -0.480. The summed E-state index contributed by atoms with van der Waals surface area (Å²) in [4.78, 5) is 7.18. The standard InChI is InChI=1S/C17H27N3O2S2.HI/c1-3-15-14-20(11-12-23-15)17(18-4-2)19-10-13-24(21,22)16-8-6-5-7-9-16;/h5-9,15H,3-4,10-14H2,1-2H3,(H,18,19);1H. The summed E-state index contributed by atoms with van der Waals surface area (Å²) in [5.41, 5.74) is 0. The summed E-state index contributed by atoms with van der Waals surface area (Å²) in [7, 11) is -3.27. The maximum absolute atomic E-state index is 12.3. The van der Waals surface area contributed by atoms with E-state index in [-0.39, 0.29) is 36.3 Å². The molecule has 0 saturated carbocycles. The molecule has 5 nitrogen and oxygen atoms in total. The molecule has 1 fully saturated rings. The van der Waals surface area contributed by atoms with E-state index in [1.165, 1.54) is 0 Å². The zero-order valence-electron chi connectivity index (χ0n) is 14.8. The molecular weight excluding hydrogens is 469 g/mol. The fraction of sp³-hybridized carbons (Fsp3) is 0.588. The molecule has 8 heteroatoms. The summed E-state index contributed by atoms with van der Waals surface area (Å²) in [6.45, 7) is 7.23. The molecule has 25 heavy (non-hydrogen) atoms. The molecule has 0 amide bonds. The molecule has 0 aliphatic carbocycles. The number of hydrogen-bond donors (Lipinski definition) is 1. The van der Waals surface area contributed by atoms with Crippen LogP contribution in [0.2, 0.25) is 0 Å². The summed E-state index contributed by atoms with van der Waals surface area (Å²) in [6, 6.07) is 8.59. The van der Waals surface area contributed by atoms with Gasteiger partial charge >= 0.3 is 0 Å². The van der Waals surface area contributed by atoms with E-state index in [4.69, 9.17) is 0 Å². The number of nitrogens with one attached hydrogen (secondary N) is 1. The Morgan fingerprint density at radius 3 is 2.68 bits per heavy atom. The van der Waals surface area contributed by atoms with Gasteiger partial charge in [-0.05, 0) is 25.5 Å². The molecule has 142 valence electrons. The first-order valence-electron chi connectivity index (χ1n) is 8.49. The minimum atomic E-state index is -3.27. The average molecular weight is 497 g/mol. The summed E-state index contributed by atoms with van der Waals surface area (Å²) in [5, 5.41) is 3.92. The van der Waals surface area contributed by atoms with Crippen molar-refractivity contribution in [2.45, 2.75) is 30.4 Å². The molecule has 1 aliphatic rings. The second-order valence-electron chi connectivity index (χ2n) is 5.71. The van der Waals surface area contributed by atoms with Crippen LogP contribution in [0.4, 0.5) is 0 Å². The summed E-state index contributed by atoms with van der Waals surface area (Å²) < 4.78 is 24.7. The minimum absolute atomic E-state index is 0. The number of aliphatic imine (C=N–C) groups is 1. The lowest BCUT2D eigenvalue weighted by Crippen LogP contribution is -2.48. The molecule has 0 radical (unpaired) electrons. The van der Waals surface area contributed by atoms with Crippen molar-refractivity contribution in [3.8, 4) is 0 Å². The van der Waals surface area contributed by atoms with E-state index in [2.05, 4.69) is 22.1 Å². The van der Waals surface area contributed by atoms with Crippen molar-refractivity contribution in [3.63, 3.8) is 0 Å². The molecule has 0 aromatic heterocycles. The predicted molar refractivity (Wildman–Crippen MR) is 118 cm³/mol. The first-order valence-corrected chi connectivity index (χ1v) is 11.2. The Morgan fingerprint density at radius 2 is 2.04 bits per heavy atom. The van der Waals surface area contributed by atoms with Gasteiger partial charge in [0, 0.05) is 30.6 Å². The average Bonchev–Trinajstić information content (AvgIpc) is 2.61. The van der Waals surface area contributed by atoms with E-state index >= 15 is 0 Å². The van der Waals surface area contributed by atoms with Crippen LogP contribution in [0.1, 0.15) is 20.3 Å². The molecule has 0 spiro atoms. The summed E-state index contributed by atoms with van der Waals surface area (Å²) in [6.07, 6.45) is 1.14. The van der Waals surface area contributed by atoms with Crippen molar-refractivity contribution < 1.29 is 8.42 Å². The van der Waals surface area contributed by atoms with Gasteiger partial charge in [-0.3, -0.25) is 4.99 Å². The number of benzene rings is 1. The number of nitrogens with zero attached hydrogens (tertiary/aromatic N) is 2. The number of thioether (sulfide) groups is 1. The molecule has 2 rings (SSSR count). The van der Waals surface area contributed by atoms with Crippen LogP contribution in [0, 0.1) is 0 Å². The van der Waals surface area contributed by atoms with E-state index in [9.17, 15) is 8.42 Å². The van der Waals surface area contributed by atoms with Gasteiger partial charge in [-0.25, -0.2) is 8.42 Å². The van der Waals surface area contributed by atoms with E-state index in [1.807, 2.05) is 24.8 Å². The first kappa shape index (κ1) is 22.6. The molecule has 1 aromatic rings. The Balaban J connectivity index is 0.00000312. The lowest BCUT2D eigenvalue weighted by Gasteiger charge is -2.34. The lowest BCUT2D eigenvalue weighted by atomic mass is 10.3. The Bertz CT molecular complexity index is 639. The van der Waals surface area contributed by atoms with Gasteiger partial charge < -0.3 is 10.2 Å². The highest BCUT2D eigenvalue weighted by atomic mass is 127. The molecule has 1 aromatic carbocycles. The second-order valence-corrected chi connectivity index (χ2v) is 9.23. The minimum Gasteiger partial charge on any atom is -0.357 e. The molecule has 1 atom stereocenters. The third kappa shape index (κ3) is 6.97. The van der Waals surface area contributed by atoms with Crippen LogP contribution in [0.5, 0.6) is 0 Å². The predicted octanol–water partition coefficient (Wildman–Crippen LogP) is 2.87. The van der Waals surface area contributed by atoms with Gasteiger partial charge in [0.1, 0.15) is 0 Å². The van der Waals surface area contributed by atoms with Crippen molar-refractivity contribution in [1.29, 1.82) is 0 Å². The Morgan fingerprint density at radius 1 is 1.32 bits per heavy atom. The highest BCUT2D eigenvalue weighted by Gasteiger charge is 2.21. The van der Waals surface area contributed by atoms with Crippen LogP contribution >= 0.6 is 35.7 Å².